The largest absolute Gasteiger partial charge is 0.368 e. The highest BCUT2D eigenvalue weighted by Crippen LogP contribution is 2.17. The molecule has 2 rings (SSSR count). The third-order valence-electron chi connectivity index (χ3n) is 3.06. The first-order valence-corrected chi connectivity index (χ1v) is 6.64. The molecule has 0 aliphatic heterocycles. The summed E-state index contributed by atoms with van der Waals surface area (Å²) in [6.07, 6.45) is 1.30. The summed E-state index contributed by atoms with van der Waals surface area (Å²) >= 11 is 5.95. The van der Waals surface area contributed by atoms with E-state index in [-0.39, 0.29) is 0 Å². The van der Waals surface area contributed by atoms with Gasteiger partial charge in [-0.15, -0.1) is 11.6 Å². The molecule has 0 heterocycles. The number of alkyl halides is 1. The zero-order valence-electron chi connectivity index (χ0n) is 10.6. The summed E-state index contributed by atoms with van der Waals surface area (Å²) in [6, 6.07) is 18.2. The summed E-state index contributed by atoms with van der Waals surface area (Å²) in [6.45, 7) is 0. The third kappa shape index (κ3) is 3.83. The molecule has 19 heavy (non-hydrogen) atoms. The average molecular weight is 274 g/mol. The average Bonchev–Trinajstić information content (AvgIpc) is 2.42. The van der Waals surface area contributed by atoms with Crippen molar-refractivity contribution in [1.82, 2.24) is 0 Å². The molecule has 0 radical (unpaired) electrons. The number of rotatable bonds is 5. The predicted octanol–water partition coefficient (Wildman–Crippen LogP) is 2.91. The number of benzene rings is 2. The van der Waals surface area contributed by atoms with Gasteiger partial charge in [0.25, 0.3) is 0 Å². The van der Waals surface area contributed by atoms with Crippen molar-refractivity contribution in [3.63, 3.8) is 0 Å². The molecule has 1 atom stereocenters. The quantitative estimate of drug-likeness (QED) is 0.837. The molecule has 2 aromatic carbocycles. The number of halogens is 1. The van der Waals surface area contributed by atoms with Gasteiger partial charge >= 0.3 is 0 Å². The van der Waals surface area contributed by atoms with Gasteiger partial charge < -0.3 is 5.73 Å². The minimum absolute atomic E-state index is 0.472. The summed E-state index contributed by atoms with van der Waals surface area (Å²) in [5, 5.41) is -0.656. The second kappa shape index (κ2) is 6.39. The SMILES string of the molecule is NC(=O)C(Cl)Cc1ccccc1Cc1ccccc1. The van der Waals surface area contributed by atoms with E-state index in [4.69, 9.17) is 17.3 Å². The summed E-state index contributed by atoms with van der Waals surface area (Å²) < 4.78 is 0. The zero-order chi connectivity index (χ0) is 13.7. The number of carbonyl (C=O) groups excluding carboxylic acids is 1. The molecule has 0 aromatic heterocycles. The maximum atomic E-state index is 11.1. The van der Waals surface area contributed by atoms with Crippen LogP contribution in [-0.4, -0.2) is 11.3 Å². The van der Waals surface area contributed by atoms with Crippen LogP contribution in [0.1, 0.15) is 16.7 Å². The summed E-state index contributed by atoms with van der Waals surface area (Å²) in [4.78, 5) is 11.1. The first-order valence-electron chi connectivity index (χ1n) is 6.21. The number of nitrogens with two attached hydrogens (primary N) is 1. The molecule has 3 heteroatoms. The Hall–Kier alpha value is -1.80. The highest BCUT2D eigenvalue weighted by atomic mass is 35.5. The molecule has 0 spiro atoms. The van der Waals surface area contributed by atoms with E-state index < -0.39 is 11.3 Å². The first kappa shape index (κ1) is 13.6. The van der Waals surface area contributed by atoms with Gasteiger partial charge in [0, 0.05) is 0 Å². The van der Waals surface area contributed by atoms with Crippen LogP contribution in [0.2, 0.25) is 0 Å². The van der Waals surface area contributed by atoms with Gasteiger partial charge in [-0.2, -0.15) is 0 Å². The Morgan fingerprint density at radius 3 is 2.21 bits per heavy atom. The Morgan fingerprint density at radius 1 is 1.00 bits per heavy atom. The summed E-state index contributed by atoms with van der Waals surface area (Å²) in [5.74, 6) is -0.476. The molecule has 1 unspecified atom stereocenters. The van der Waals surface area contributed by atoms with Crippen molar-refractivity contribution in [3.8, 4) is 0 Å². The van der Waals surface area contributed by atoms with Gasteiger partial charge in [0.05, 0.1) is 0 Å². The van der Waals surface area contributed by atoms with Gasteiger partial charge in [0.15, 0.2) is 0 Å². The van der Waals surface area contributed by atoms with E-state index in [1.54, 1.807) is 0 Å². The van der Waals surface area contributed by atoms with Gasteiger partial charge in [-0.3, -0.25) is 4.79 Å². The van der Waals surface area contributed by atoms with Crippen LogP contribution < -0.4 is 5.73 Å². The second-order valence-electron chi connectivity index (χ2n) is 4.51. The maximum Gasteiger partial charge on any atom is 0.235 e. The fraction of sp³-hybridized carbons (Fsp3) is 0.188. The van der Waals surface area contributed by atoms with Crippen LogP contribution in [0.5, 0.6) is 0 Å². The lowest BCUT2D eigenvalue weighted by Gasteiger charge is -2.11. The van der Waals surface area contributed by atoms with E-state index in [0.717, 1.165) is 12.0 Å². The smallest absolute Gasteiger partial charge is 0.235 e. The van der Waals surface area contributed by atoms with E-state index in [2.05, 4.69) is 18.2 Å². The lowest BCUT2D eigenvalue weighted by atomic mass is 9.97. The van der Waals surface area contributed by atoms with E-state index in [1.807, 2.05) is 36.4 Å². The lowest BCUT2D eigenvalue weighted by molar-refractivity contribution is -0.117. The zero-order valence-corrected chi connectivity index (χ0v) is 11.3. The highest BCUT2D eigenvalue weighted by Gasteiger charge is 2.14. The number of hydrogen-bond acceptors (Lipinski definition) is 1. The van der Waals surface area contributed by atoms with Gasteiger partial charge in [-0.05, 0) is 29.5 Å². The summed E-state index contributed by atoms with van der Waals surface area (Å²) in [7, 11) is 0. The molecule has 2 nitrogen and oxygen atoms in total. The Bertz CT molecular complexity index is 554. The van der Waals surface area contributed by atoms with Crippen molar-refractivity contribution < 1.29 is 4.79 Å². The molecule has 0 aliphatic carbocycles. The van der Waals surface area contributed by atoms with E-state index in [0.29, 0.717) is 6.42 Å². The van der Waals surface area contributed by atoms with Crippen LogP contribution in [0.25, 0.3) is 0 Å². The normalized spacial score (nSPS) is 12.1. The standard InChI is InChI=1S/C16H16ClNO/c17-15(16(18)19)11-14-9-5-4-8-13(14)10-12-6-2-1-3-7-12/h1-9,15H,10-11H2,(H2,18,19). The molecular formula is C16H16ClNO. The molecule has 2 aromatic rings. The Labute approximate surface area is 118 Å². The molecule has 0 fully saturated rings. The van der Waals surface area contributed by atoms with Crippen molar-refractivity contribution in [3.05, 3.63) is 71.3 Å². The lowest BCUT2D eigenvalue weighted by Crippen LogP contribution is -2.25. The van der Waals surface area contributed by atoms with Crippen LogP contribution in [0.3, 0.4) is 0 Å². The minimum atomic E-state index is -0.656. The maximum absolute atomic E-state index is 11.1. The topological polar surface area (TPSA) is 43.1 Å². The van der Waals surface area contributed by atoms with Crippen molar-refractivity contribution in [2.75, 3.05) is 0 Å². The molecule has 0 saturated heterocycles. The van der Waals surface area contributed by atoms with Crippen LogP contribution >= 0.6 is 11.6 Å². The fourth-order valence-electron chi connectivity index (χ4n) is 2.04. The first-order chi connectivity index (χ1) is 9.16. The number of hydrogen-bond donors (Lipinski definition) is 1. The third-order valence-corrected chi connectivity index (χ3v) is 3.43. The molecular weight excluding hydrogens is 258 g/mol. The Balaban J connectivity index is 2.19. The van der Waals surface area contributed by atoms with Gasteiger partial charge in [-0.1, -0.05) is 54.6 Å². The van der Waals surface area contributed by atoms with Gasteiger partial charge in [0.2, 0.25) is 5.91 Å². The van der Waals surface area contributed by atoms with Crippen LogP contribution in [0.15, 0.2) is 54.6 Å². The van der Waals surface area contributed by atoms with E-state index in [1.165, 1.54) is 11.1 Å². The van der Waals surface area contributed by atoms with Crippen molar-refractivity contribution in [2.24, 2.45) is 5.73 Å². The highest BCUT2D eigenvalue weighted by molar-refractivity contribution is 6.30. The molecule has 1 amide bonds. The van der Waals surface area contributed by atoms with Gasteiger partial charge in [0.1, 0.15) is 5.38 Å². The fourth-order valence-corrected chi connectivity index (χ4v) is 2.20. The molecule has 0 bridgehead atoms. The van der Waals surface area contributed by atoms with Crippen molar-refractivity contribution >= 4 is 17.5 Å². The monoisotopic (exact) mass is 273 g/mol. The second-order valence-corrected chi connectivity index (χ2v) is 5.03. The number of carbonyl (C=O) groups is 1. The predicted molar refractivity (Wildman–Crippen MR) is 78.2 cm³/mol. The number of primary amides is 1. The van der Waals surface area contributed by atoms with Crippen molar-refractivity contribution in [2.45, 2.75) is 18.2 Å². The van der Waals surface area contributed by atoms with E-state index in [9.17, 15) is 4.79 Å². The van der Waals surface area contributed by atoms with Gasteiger partial charge in [-0.25, -0.2) is 0 Å². The molecule has 0 aliphatic rings. The molecule has 0 saturated carbocycles. The van der Waals surface area contributed by atoms with Crippen LogP contribution in [0, 0.1) is 0 Å². The number of amides is 1. The van der Waals surface area contributed by atoms with Crippen LogP contribution in [-0.2, 0) is 17.6 Å². The van der Waals surface area contributed by atoms with Crippen molar-refractivity contribution in [1.29, 1.82) is 0 Å². The molecule has 2 N–H and O–H groups in total. The Morgan fingerprint density at radius 2 is 1.58 bits per heavy atom. The molecule has 98 valence electrons. The van der Waals surface area contributed by atoms with Crippen LogP contribution in [0.4, 0.5) is 0 Å². The van der Waals surface area contributed by atoms with E-state index >= 15 is 0 Å². The summed E-state index contributed by atoms with van der Waals surface area (Å²) in [5.41, 5.74) is 8.71. The minimum Gasteiger partial charge on any atom is -0.368 e. The Kier molecular flexibility index (Phi) is 4.58.